The summed E-state index contributed by atoms with van der Waals surface area (Å²) in [5.74, 6) is 2.27. The highest BCUT2D eigenvalue weighted by atomic mass is 35.5. The van der Waals surface area contributed by atoms with Gasteiger partial charge in [0.1, 0.15) is 0 Å². The molecule has 1 aromatic rings. The zero-order chi connectivity index (χ0) is 17.8. The fraction of sp³-hybridized carbons (Fsp3) is 0.650. The van der Waals surface area contributed by atoms with Gasteiger partial charge in [-0.15, -0.1) is 12.4 Å². The third-order valence-corrected chi connectivity index (χ3v) is 5.56. The van der Waals surface area contributed by atoms with Crippen LogP contribution < -0.4 is 20.1 Å². The summed E-state index contributed by atoms with van der Waals surface area (Å²) in [7, 11) is 3.27. The van der Waals surface area contributed by atoms with Crippen molar-refractivity contribution in [3.63, 3.8) is 0 Å². The number of methoxy groups -OCH3 is 2. The first-order valence-corrected chi connectivity index (χ1v) is 9.38. The zero-order valence-corrected chi connectivity index (χ0v) is 16.7. The molecular formula is C20H31ClN2O3. The number of rotatable bonds is 6. The molecule has 3 rings (SSSR count). The molecule has 2 N–H and O–H groups in total. The first-order chi connectivity index (χ1) is 12.1. The molecule has 4 atom stereocenters. The van der Waals surface area contributed by atoms with Crippen LogP contribution >= 0.6 is 12.4 Å². The third-order valence-electron chi connectivity index (χ3n) is 5.56. The number of hydrogen-bond donors (Lipinski definition) is 2. The average Bonchev–Trinajstić information content (AvgIpc) is 3.05. The first-order valence-electron chi connectivity index (χ1n) is 9.38. The standard InChI is InChI=1S/C20H30N2O3.ClH/c1-13(10-14-8-9-18(24-2)19(11-14)25-3)21-20(23)17-12-15-6-4-5-7-16(15)22-17;/h8-9,11,13,15-17,22H,4-7,10,12H2,1-3H3,(H,21,23);1H. The number of benzene rings is 1. The molecule has 6 heteroatoms. The summed E-state index contributed by atoms with van der Waals surface area (Å²) >= 11 is 0. The van der Waals surface area contributed by atoms with E-state index in [1.54, 1.807) is 14.2 Å². The largest absolute Gasteiger partial charge is 0.493 e. The van der Waals surface area contributed by atoms with Crippen LogP contribution in [0.2, 0.25) is 0 Å². The number of carbonyl (C=O) groups is 1. The number of halogens is 1. The minimum absolute atomic E-state index is 0. The minimum Gasteiger partial charge on any atom is -0.493 e. The molecule has 26 heavy (non-hydrogen) atoms. The van der Waals surface area contributed by atoms with Gasteiger partial charge in [0, 0.05) is 12.1 Å². The fourth-order valence-corrected chi connectivity index (χ4v) is 4.28. The van der Waals surface area contributed by atoms with Crippen molar-refractivity contribution in [3.8, 4) is 11.5 Å². The van der Waals surface area contributed by atoms with Gasteiger partial charge >= 0.3 is 0 Å². The Labute approximate surface area is 162 Å². The zero-order valence-electron chi connectivity index (χ0n) is 15.9. The highest BCUT2D eigenvalue weighted by Crippen LogP contribution is 2.33. The molecule has 146 valence electrons. The van der Waals surface area contributed by atoms with E-state index in [4.69, 9.17) is 9.47 Å². The summed E-state index contributed by atoms with van der Waals surface area (Å²) < 4.78 is 10.6. The van der Waals surface area contributed by atoms with Crippen molar-refractivity contribution in [1.29, 1.82) is 0 Å². The molecule has 0 bridgehead atoms. The van der Waals surface area contributed by atoms with Crippen LogP contribution in [0, 0.1) is 5.92 Å². The summed E-state index contributed by atoms with van der Waals surface area (Å²) in [6.07, 6.45) is 6.84. The second kappa shape index (κ2) is 9.47. The summed E-state index contributed by atoms with van der Waals surface area (Å²) in [4.78, 5) is 12.6. The lowest BCUT2D eigenvalue weighted by molar-refractivity contribution is -0.123. The van der Waals surface area contributed by atoms with Crippen LogP contribution in [0.1, 0.15) is 44.6 Å². The lowest BCUT2D eigenvalue weighted by Crippen LogP contribution is -2.46. The van der Waals surface area contributed by atoms with Gasteiger partial charge in [-0.25, -0.2) is 0 Å². The highest BCUT2D eigenvalue weighted by Gasteiger charge is 2.38. The van der Waals surface area contributed by atoms with Crippen LogP contribution in [0.4, 0.5) is 0 Å². The summed E-state index contributed by atoms with van der Waals surface area (Å²) in [6.45, 7) is 2.05. The van der Waals surface area contributed by atoms with Crippen LogP contribution in [0.25, 0.3) is 0 Å². The Hall–Kier alpha value is -1.46. The van der Waals surface area contributed by atoms with Gasteiger partial charge in [0.15, 0.2) is 11.5 Å². The number of hydrogen-bond acceptors (Lipinski definition) is 4. The highest BCUT2D eigenvalue weighted by molar-refractivity contribution is 5.85. The van der Waals surface area contributed by atoms with E-state index < -0.39 is 0 Å². The Morgan fingerprint density at radius 3 is 2.65 bits per heavy atom. The predicted octanol–water partition coefficient (Wildman–Crippen LogP) is 3.09. The van der Waals surface area contributed by atoms with Crippen LogP contribution in [-0.2, 0) is 11.2 Å². The summed E-state index contributed by atoms with van der Waals surface area (Å²) in [6, 6.07) is 6.50. The van der Waals surface area contributed by atoms with Crippen molar-refractivity contribution in [1.82, 2.24) is 10.6 Å². The van der Waals surface area contributed by atoms with Gasteiger partial charge in [-0.1, -0.05) is 18.9 Å². The quantitative estimate of drug-likeness (QED) is 0.793. The number of fused-ring (bicyclic) bond motifs is 1. The van der Waals surface area contributed by atoms with Gasteiger partial charge in [-0.05, 0) is 56.2 Å². The molecular weight excluding hydrogens is 352 g/mol. The lowest BCUT2D eigenvalue weighted by atomic mass is 9.85. The van der Waals surface area contributed by atoms with Gasteiger partial charge in [-0.2, -0.15) is 0 Å². The molecule has 2 fully saturated rings. The van der Waals surface area contributed by atoms with Crippen LogP contribution in [0.3, 0.4) is 0 Å². The molecule has 1 aliphatic carbocycles. The molecule has 1 saturated carbocycles. The average molecular weight is 383 g/mol. The Morgan fingerprint density at radius 2 is 1.96 bits per heavy atom. The van der Waals surface area contributed by atoms with Gasteiger partial charge in [-0.3, -0.25) is 4.79 Å². The van der Waals surface area contributed by atoms with Crippen molar-refractivity contribution in [2.24, 2.45) is 5.92 Å². The van der Waals surface area contributed by atoms with E-state index in [9.17, 15) is 4.79 Å². The number of nitrogens with one attached hydrogen (secondary N) is 2. The Bertz CT molecular complexity index is 597. The molecule has 5 nitrogen and oxygen atoms in total. The molecule has 1 heterocycles. The maximum Gasteiger partial charge on any atom is 0.237 e. The van der Waals surface area contributed by atoms with Crippen LogP contribution in [-0.4, -0.2) is 38.3 Å². The molecule has 0 aromatic heterocycles. The Kier molecular flexibility index (Phi) is 7.59. The molecule has 2 aliphatic rings. The number of ether oxygens (including phenoxy) is 2. The van der Waals surface area contributed by atoms with E-state index in [-0.39, 0.29) is 30.4 Å². The molecule has 0 radical (unpaired) electrons. The maximum atomic E-state index is 12.6. The van der Waals surface area contributed by atoms with Crippen LogP contribution in [0.15, 0.2) is 18.2 Å². The third kappa shape index (κ3) is 4.83. The van der Waals surface area contributed by atoms with Crippen molar-refractivity contribution >= 4 is 18.3 Å². The van der Waals surface area contributed by atoms with E-state index in [1.807, 2.05) is 18.2 Å². The van der Waals surface area contributed by atoms with Crippen LogP contribution in [0.5, 0.6) is 11.5 Å². The van der Waals surface area contributed by atoms with Crippen molar-refractivity contribution in [2.75, 3.05) is 14.2 Å². The minimum atomic E-state index is -0.0269. The van der Waals surface area contributed by atoms with E-state index in [2.05, 4.69) is 17.6 Å². The maximum absolute atomic E-state index is 12.6. The first kappa shape index (κ1) is 20.8. The number of carbonyl (C=O) groups excluding carboxylic acids is 1. The number of amides is 1. The molecule has 1 aliphatic heterocycles. The SMILES string of the molecule is COc1ccc(CC(C)NC(=O)C2CC3CCCCC3N2)cc1OC.Cl. The van der Waals surface area contributed by atoms with Gasteiger partial charge in [0.2, 0.25) is 5.91 Å². The second-order valence-corrected chi connectivity index (χ2v) is 7.41. The van der Waals surface area contributed by atoms with E-state index in [1.165, 1.54) is 25.7 Å². The van der Waals surface area contributed by atoms with Crippen molar-refractivity contribution in [3.05, 3.63) is 23.8 Å². The smallest absolute Gasteiger partial charge is 0.237 e. The Morgan fingerprint density at radius 1 is 1.23 bits per heavy atom. The van der Waals surface area contributed by atoms with E-state index >= 15 is 0 Å². The Balaban J connectivity index is 0.00000243. The second-order valence-electron chi connectivity index (χ2n) is 7.41. The topological polar surface area (TPSA) is 59.6 Å². The van der Waals surface area contributed by atoms with Gasteiger partial charge in [0.05, 0.1) is 20.3 Å². The normalized spacial score (nSPS) is 25.6. The molecule has 1 amide bonds. The summed E-state index contributed by atoms with van der Waals surface area (Å²) in [5, 5.41) is 6.72. The fourth-order valence-electron chi connectivity index (χ4n) is 4.28. The molecule has 4 unspecified atom stereocenters. The predicted molar refractivity (Wildman–Crippen MR) is 105 cm³/mol. The lowest BCUT2D eigenvalue weighted by Gasteiger charge is -2.24. The molecule has 1 aromatic carbocycles. The van der Waals surface area contributed by atoms with E-state index in [0.717, 1.165) is 29.9 Å². The molecule has 0 spiro atoms. The van der Waals surface area contributed by atoms with Gasteiger partial charge < -0.3 is 20.1 Å². The van der Waals surface area contributed by atoms with Gasteiger partial charge in [0.25, 0.3) is 0 Å². The monoisotopic (exact) mass is 382 g/mol. The van der Waals surface area contributed by atoms with Crippen molar-refractivity contribution in [2.45, 2.75) is 63.6 Å². The summed E-state index contributed by atoms with van der Waals surface area (Å²) in [5.41, 5.74) is 1.12. The molecule has 1 saturated heterocycles. The van der Waals surface area contributed by atoms with E-state index in [0.29, 0.717) is 12.0 Å². The van der Waals surface area contributed by atoms with Crippen molar-refractivity contribution < 1.29 is 14.3 Å².